The lowest BCUT2D eigenvalue weighted by Gasteiger charge is -2.36. The van der Waals surface area contributed by atoms with E-state index in [9.17, 15) is 21.6 Å². The minimum atomic E-state index is -3.73. The number of sulfonamides is 2. The molecule has 0 radical (unpaired) electrons. The first-order valence-electron chi connectivity index (χ1n) is 10.7. The van der Waals surface area contributed by atoms with Crippen molar-refractivity contribution in [1.29, 1.82) is 0 Å². The van der Waals surface area contributed by atoms with E-state index in [1.54, 1.807) is 4.90 Å². The lowest BCUT2D eigenvalue weighted by molar-refractivity contribution is -0.137. The van der Waals surface area contributed by atoms with Crippen molar-refractivity contribution in [1.82, 2.24) is 13.9 Å². The summed E-state index contributed by atoms with van der Waals surface area (Å²) < 4.78 is 54.4. The van der Waals surface area contributed by atoms with E-state index in [0.717, 1.165) is 38.5 Å². The van der Waals surface area contributed by atoms with Crippen LogP contribution in [0.4, 0.5) is 0 Å². The minimum absolute atomic E-state index is 0.00831. The molecule has 10 heteroatoms. The Kier molecular flexibility index (Phi) is 6.20. The zero-order valence-corrected chi connectivity index (χ0v) is 18.6. The normalized spacial score (nSPS) is 22.2. The molecule has 1 aliphatic heterocycles. The zero-order valence-electron chi connectivity index (χ0n) is 17.0. The number of amides is 1. The first-order chi connectivity index (χ1) is 14.3. The first kappa shape index (κ1) is 21.7. The van der Waals surface area contributed by atoms with E-state index < -0.39 is 20.0 Å². The molecule has 30 heavy (non-hydrogen) atoms. The van der Waals surface area contributed by atoms with Crippen LogP contribution in [0.5, 0.6) is 0 Å². The quantitative estimate of drug-likeness (QED) is 0.701. The number of nitrogens with zero attached hydrogens (tertiary/aromatic N) is 2. The third kappa shape index (κ3) is 4.71. The molecule has 1 heterocycles. The molecule has 0 aromatic heterocycles. The van der Waals surface area contributed by atoms with Gasteiger partial charge in [0.05, 0.1) is 9.79 Å². The van der Waals surface area contributed by atoms with Gasteiger partial charge in [0.15, 0.2) is 0 Å². The summed E-state index contributed by atoms with van der Waals surface area (Å²) in [5.74, 6) is 0.241. The number of hydrogen-bond donors (Lipinski definition) is 1. The molecule has 1 aromatic rings. The van der Waals surface area contributed by atoms with Crippen LogP contribution < -0.4 is 4.72 Å². The molecule has 1 amide bonds. The lowest BCUT2D eigenvalue weighted by atomic mass is 9.88. The SMILES string of the molecule is O=C(C1CCCCC1)N1CCN(S(=O)(=O)c2ccc(S(=O)(=O)NC3CC3)cc2)CC1. The van der Waals surface area contributed by atoms with Crippen molar-refractivity contribution >= 4 is 26.0 Å². The van der Waals surface area contributed by atoms with Crippen LogP contribution in [0.15, 0.2) is 34.1 Å². The fourth-order valence-electron chi connectivity index (χ4n) is 4.19. The molecule has 1 N–H and O–H groups in total. The summed E-state index contributed by atoms with van der Waals surface area (Å²) in [6.45, 7) is 1.30. The van der Waals surface area contributed by atoms with Crippen LogP contribution in [0.3, 0.4) is 0 Å². The summed E-state index contributed by atoms with van der Waals surface area (Å²) in [5.41, 5.74) is 0. The third-order valence-corrected chi connectivity index (χ3v) is 9.62. The summed E-state index contributed by atoms with van der Waals surface area (Å²) in [7, 11) is -7.34. The minimum Gasteiger partial charge on any atom is -0.340 e. The molecule has 4 rings (SSSR count). The Bertz CT molecular complexity index is 974. The van der Waals surface area contributed by atoms with E-state index in [4.69, 9.17) is 0 Å². The average molecular weight is 456 g/mol. The van der Waals surface area contributed by atoms with E-state index in [1.165, 1.54) is 35.0 Å². The van der Waals surface area contributed by atoms with Crippen molar-refractivity contribution < 1.29 is 21.6 Å². The predicted octanol–water partition coefficient (Wildman–Crippen LogP) is 1.54. The fourth-order valence-corrected chi connectivity index (χ4v) is 6.91. The highest BCUT2D eigenvalue weighted by Crippen LogP contribution is 2.27. The maximum Gasteiger partial charge on any atom is 0.243 e. The number of piperazine rings is 1. The Labute approximate surface area is 178 Å². The van der Waals surface area contributed by atoms with Gasteiger partial charge in [0, 0.05) is 38.1 Å². The molecule has 0 bridgehead atoms. The Balaban J connectivity index is 1.38. The van der Waals surface area contributed by atoms with Crippen LogP contribution in [0, 0.1) is 5.92 Å². The van der Waals surface area contributed by atoms with Crippen LogP contribution in [0.25, 0.3) is 0 Å². The second-order valence-corrected chi connectivity index (χ2v) is 12.1. The van der Waals surface area contributed by atoms with Gasteiger partial charge in [-0.25, -0.2) is 21.6 Å². The number of carbonyl (C=O) groups is 1. The Morgan fingerprint density at radius 3 is 1.93 bits per heavy atom. The molecule has 2 aliphatic carbocycles. The van der Waals surface area contributed by atoms with Crippen molar-refractivity contribution in [2.75, 3.05) is 26.2 Å². The zero-order chi connectivity index (χ0) is 21.4. The van der Waals surface area contributed by atoms with E-state index in [-0.39, 0.29) is 40.7 Å². The molecule has 0 atom stereocenters. The highest BCUT2D eigenvalue weighted by Gasteiger charge is 2.33. The van der Waals surface area contributed by atoms with Gasteiger partial charge >= 0.3 is 0 Å². The van der Waals surface area contributed by atoms with Gasteiger partial charge < -0.3 is 4.90 Å². The standard InChI is InChI=1S/C20H29N3O5S2/c24-20(16-4-2-1-3-5-16)22-12-14-23(15-13-22)30(27,28)19-10-8-18(9-11-19)29(25,26)21-17-6-7-17/h8-11,16-17,21H,1-7,12-15H2. The second kappa shape index (κ2) is 8.57. The summed E-state index contributed by atoms with van der Waals surface area (Å²) in [6, 6.07) is 5.35. The van der Waals surface area contributed by atoms with Crippen molar-refractivity contribution in [3.63, 3.8) is 0 Å². The van der Waals surface area contributed by atoms with Crippen LogP contribution >= 0.6 is 0 Å². The molecular weight excluding hydrogens is 426 g/mol. The number of rotatable bonds is 6. The topological polar surface area (TPSA) is 104 Å². The molecule has 0 spiro atoms. The summed E-state index contributed by atoms with van der Waals surface area (Å²) in [4.78, 5) is 14.6. The largest absolute Gasteiger partial charge is 0.340 e. The fraction of sp³-hybridized carbons (Fsp3) is 0.650. The molecule has 166 valence electrons. The summed E-state index contributed by atoms with van der Waals surface area (Å²) in [5, 5.41) is 0. The lowest BCUT2D eigenvalue weighted by Crippen LogP contribution is -2.52. The molecule has 3 fully saturated rings. The van der Waals surface area contributed by atoms with E-state index in [1.807, 2.05) is 0 Å². The average Bonchev–Trinajstić information content (AvgIpc) is 3.57. The van der Waals surface area contributed by atoms with Crippen molar-refractivity contribution in [3.8, 4) is 0 Å². The number of hydrogen-bond acceptors (Lipinski definition) is 5. The van der Waals surface area contributed by atoms with Gasteiger partial charge in [-0.3, -0.25) is 4.79 Å². The second-order valence-electron chi connectivity index (χ2n) is 8.43. The van der Waals surface area contributed by atoms with Crippen LogP contribution in [-0.4, -0.2) is 64.2 Å². The van der Waals surface area contributed by atoms with Crippen molar-refractivity contribution in [3.05, 3.63) is 24.3 Å². The monoisotopic (exact) mass is 455 g/mol. The first-order valence-corrected chi connectivity index (χ1v) is 13.6. The molecule has 1 saturated heterocycles. The van der Waals surface area contributed by atoms with Gasteiger partial charge in [0.2, 0.25) is 26.0 Å². The van der Waals surface area contributed by atoms with E-state index >= 15 is 0 Å². The molecular formula is C20H29N3O5S2. The Hall–Kier alpha value is -1.49. The van der Waals surface area contributed by atoms with Crippen molar-refractivity contribution in [2.24, 2.45) is 5.92 Å². The van der Waals surface area contributed by atoms with Gasteiger partial charge in [0.25, 0.3) is 0 Å². The number of carbonyl (C=O) groups excluding carboxylic acids is 1. The van der Waals surface area contributed by atoms with Gasteiger partial charge in [-0.2, -0.15) is 4.31 Å². The maximum absolute atomic E-state index is 13.0. The highest BCUT2D eigenvalue weighted by atomic mass is 32.2. The van der Waals surface area contributed by atoms with Crippen LogP contribution in [-0.2, 0) is 24.8 Å². The smallest absolute Gasteiger partial charge is 0.243 e. The van der Waals surface area contributed by atoms with Gasteiger partial charge in [0.1, 0.15) is 0 Å². The summed E-state index contributed by atoms with van der Waals surface area (Å²) in [6.07, 6.45) is 6.90. The van der Waals surface area contributed by atoms with Crippen molar-refractivity contribution in [2.45, 2.75) is 60.8 Å². The molecule has 0 unspecified atom stereocenters. The summed E-state index contributed by atoms with van der Waals surface area (Å²) >= 11 is 0. The van der Waals surface area contributed by atoms with Crippen LogP contribution in [0.1, 0.15) is 44.9 Å². The molecule has 1 aromatic carbocycles. The molecule has 2 saturated carbocycles. The van der Waals surface area contributed by atoms with E-state index in [2.05, 4.69) is 4.72 Å². The Morgan fingerprint density at radius 1 is 0.800 bits per heavy atom. The third-order valence-electron chi connectivity index (χ3n) is 6.18. The Morgan fingerprint density at radius 2 is 1.37 bits per heavy atom. The van der Waals surface area contributed by atoms with Gasteiger partial charge in [-0.05, 0) is 49.9 Å². The van der Waals surface area contributed by atoms with Crippen LogP contribution in [0.2, 0.25) is 0 Å². The molecule has 8 nitrogen and oxygen atoms in total. The predicted molar refractivity (Wildman–Crippen MR) is 112 cm³/mol. The number of benzene rings is 1. The van der Waals surface area contributed by atoms with E-state index in [0.29, 0.717) is 13.1 Å². The maximum atomic E-state index is 13.0. The van der Waals surface area contributed by atoms with Gasteiger partial charge in [-0.15, -0.1) is 0 Å². The highest BCUT2D eigenvalue weighted by molar-refractivity contribution is 7.89. The number of nitrogens with one attached hydrogen (secondary N) is 1. The van der Waals surface area contributed by atoms with Gasteiger partial charge in [-0.1, -0.05) is 19.3 Å². The molecule has 3 aliphatic rings.